The minimum atomic E-state index is -0.724. The lowest BCUT2D eigenvalue weighted by Crippen LogP contribution is -2.42. The van der Waals surface area contributed by atoms with Crippen LogP contribution in [0.2, 0.25) is 0 Å². The molecular formula is C11H17N3O2S. The Labute approximate surface area is 103 Å². The highest BCUT2D eigenvalue weighted by molar-refractivity contribution is 7.85. The fraction of sp³-hybridized carbons (Fsp3) is 0.636. The summed E-state index contributed by atoms with van der Waals surface area (Å²) in [4.78, 5) is 17.8. The van der Waals surface area contributed by atoms with Gasteiger partial charge in [0.05, 0.1) is 0 Å². The van der Waals surface area contributed by atoms with Gasteiger partial charge in [-0.25, -0.2) is 4.98 Å². The van der Waals surface area contributed by atoms with Crippen molar-refractivity contribution in [2.45, 2.75) is 19.9 Å². The first-order chi connectivity index (χ1) is 8.16. The summed E-state index contributed by atoms with van der Waals surface area (Å²) in [5.74, 6) is 2.32. The maximum Gasteiger partial charge on any atom is 0.224 e. The minimum Gasteiger partial charge on any atom is -0.341 e. The summed E-state index contributed by atoms with van der Waals surface area (Å²) < 4.78 is 13.2. The van der Waals surface area contributed by atoms with Crippen molar-refractivity contribution in [1.82, 2.24) is 14.5 Å². The Morgan fingerprint density at radius 2 is 2.18 bits per heavy atom. The molecule has 17 heavy (non-hydrogen) atoms. The van der Waals surface area contributed by atoms with Crippen molar-refractivity contribution in [2.75, 3.05) is 24.6 Å². The van der Waals surface area contributed by atoms with Crippen molar-refractivity contribution in [2.24, 2.45) is 0 Å². The van der Waals surface area contributed by atoms with E-state index in [1.54, 1.807) is 6.20 Å². The van der Waals surface area contributed by atoms with Crippen LogP contribution in [-0.4, -0.2) is 49.2 Å². The largest absolute Gasteiger partial charge is 0.341 e. The van der Waals surface area contributed by atoms with Gasteiger partial charge in [0.25, 0.3) is 0 Å². The highest BCUT2D eigenvalue weighted by atomic mass is 32.2. The van der Waals surface area contributed by atoms with Gasteiger partial charge in [-0.05, 0) is 6.92 Å². The lowest BCUT2D eigenvalue weighted by atomic mass is 10.3. The molecular weight excluding hydrogens is 238 g/mol. The molecule has 0 N–H and O–H groups in total. The van der Waals surface area contributed by atoms with Gasteiger partial charge in [0, 0.05) is 60.8 Å². The van der Waals surface area contributed by atoms with E-state index < -0.39 is 10.8 Å². The molecule has 1 aliphatic rings. The molecule has 1 aromatic heterocycles. The summed E-state index contributed by atoms with van der Waals surface area (Å²) >= 11 is 0. The van der Waals surface area contributed by atoms with Gasteiger partial charge in [-0.2, -0.15) is 0 Å². The number of aromatic nitrogens is 2. The van der Waals surface area contributed by atoms with Gasteiger partial charge >= 0.3 is 0 Å². The van der Waals surface area contributed by atoms with Gasteiger partial charge in [-0.3, -0.25) is 9.00 Å². The van der Waals surface area contributed by atoms with E-state index in [9.17, 15) is 9.00 Å². The number of amides is 1. The lowest BCUT2D eigenvalue weighted by molar-refractivity contribution is -0.131. The molecule has 1 fully saturated rings. The highest BCUT2D eigenvalue weighted by Gasteiger charge is 2.19. The third-order valence-electron chi connectivity index (χ3n) is 3.02. The maximum atomic E-state index is 11.9. The van der Waals surface area contributed by atoms with E-state index in [0.717, 1.165) is 5.82 Å². The van der Waals surface area contributed by atoms with Crippen molar-refractivity contribution in [1.29, 1.82) is 0 Å². The summed E-state index contributed by atoms with van der Waals surface area (Å²) in [5, 5.41) is 0. The third-order valence-corrected chi connectivity index (χ3v) is 4.30. The normalized spacial score (nSPS) is 17.4. The first kappa shape index (κ1) is 12.3. The first-order valence-electron chi connectivity index (χ1n) is 5.77. The summed E-state index contributed by atoms with van der Waals surface area (Å²) in [7, 11) is -0.724. The Kier molecular flexibility index (Phi) is 3.93. The molecule has 1 aliphatic heterocycles. The van der Waals surface area contributed by atoms with Crippen LogP contribution in [-0.2, 0) is 22.1 Å². The molecule has 1 aromatic rings. The van der Waals surface area contributed by atoms with Gasteiger partial charge in [0.1, 0.15) is 5.82 Å². The zero-order valence-electron chi connectivity index (χ0n) is 9.96. The van der Waals surface area contributed by atoms with Crippen molar-refractivity contribution in [3.05, 3.63) is 18.2 Å². The Bertz CT molecular complexity index is 420. The topological polar surface area (TPSA) is 55.2 Å². The van der Waals surface area contributed by atoms with Crippen molar-refractivity contribution < 1.29 is 9.00 Å². The van der Waals surface area contributed by atoms with E-state index in [-0.39, 0.29) is 5.91 Å². The Hall–Kier alpha value is -1.17. The van der Waals surface area contributed by atoms with Gasteiger partial charge in [0.2, 0.25) is 5.91 Å². The van der Waals surface area contributed by atoms with Crippen LogP contribution in [0, 0.1) is 6.92 Å². The van der Waals surface area contributed by atoms with E-state index in [1.807, 2.05) is 22.6 Å². The number of carbonyl (C=O) groups is 1. The van der Waals surface area contributed by atoms with E-state index in [0.29, 0.717) is 37.6 Å². The Morgan fingerprint density at radius 3 is 2.76 bits per heavy atom. The van der Waals surface area contributed by atoms with Crippen LogP contribution in [0.5, 0.6) is 0 Å². The predicted molar refractivity (Wildman–Crippen MR) is 66.0 cm³/mol. The SMILES string of the molecule is Cc1nccn1CCC(=O)N1CCS(=O)CC1. The minimum absolute atomic E-state index is 0.148. The molecule has 2 heterocycles. The van der Waals surface area contributed by atoms with Crippen LogP contribution in [0.25, 0.3) is 0 Å². The summed E-state index contributed by atoms with van der Waals surface area (Å²) in [6.45, 7) is 3.86. The number of rotatable bonds is 3. The molecule has 5 nitrogen and oxygen atoms in total. The molecule has 0 atom stereocenters. The van der Waals surface area contributed by atoms with Crippen LogP contribution >= 0.6 is 0 Å². The zero-order chi connectivity index (χ0) is 12.3. The number of imidazole rings is 1. The van der Waals surface area contributed by atoms with Crippen LogP contribution in [0.4, 0.5) is 0 Å². The second-order valence-electron chi connectivity index (χ2n) is 4.15. The molecule has 0 aliphatic carbocycles. The highest BCUT2D eigenvalue weighted by Crippen LogP contribution is 2.05. The summed E-state index contributed by atoms with van der Waals surface area (Å²) in [6.07, 6.45) is 4.11. The van der Waals surface area contributed by atoms with Gasteiger partial charge in [-0.1, -0.05) is 0 Å². The average Bonchev–Trinajstić information content (AvgIpc) is 2.73. The molecule has 0 radical (unpaired) electrons. The van der Waals surface area contributed by atoms with Crippen LogP contribution < -0.4 is 0 Å². The molecule has 0 spiro atoms. The van der Waals surface area contributed by atoms with Crippen LogP contribution in [0.1, 0.15) is 12.2 Å². The molecule has 2 rings (SSSR count). The standard InChI is InChI=1S/C11H17N3O2S/c1-10-12-3-5-13(10)4-2-11(15)14-6-8-17(16)9-7-14/h3,5H,2,4,6-9H2,1H3. The monoisotopic (exact) mass is 255 g/mol. The summed E-state index contributed by atoms with van der Waals surface area (Å²) in [5.41, 5.74) is 0. The summed E-state index contributed by atoms with van der Waals surface area (Å²) in [6, 6.07) is 0. The fourth-order valence-corrected chi connectivity index (χ4v) is 2.95. The van der Waals surface area contributed by atoms with Crippen molar-refractivity contribution in [3.63, 3.8) is 0 Å². The maximum absolute atomic E-state index is 11.9. The van der Waals surface area contributed by atoms with Crippen LogP contribution in [0.3, 0.4) is 0 Å². The number of nitrogens with zero attached hydrogens (tertiary/aromatic N) is 3. The number of hydrogen-bond acceptors (Lipinski definition) is 3. The number of carbonyl (C=O) groups excluding carboxylic acids is 1. The molecule has 0 saturated carbocycles. The van der Waals surface area contributed by atoms with Crippen LogP contribution in [0.15, 0.2) is 12.4 Å². The lowest BCUT2D eigenvalue weighted by Gasteiger charge is -2.26. The predicted octanol–water partition coefficient (Wildman–Crippen LogP) is 0.173. The molecule has 1 amide bonds. The average molecular weight is 255 g/mol. The van der Waals surface area contributed by atoms with Crippen molar-refractivity contribution >= 4 is 16.7 Å². The zero-order valence-corrected chi connectivity index (χ0v) is 10.8. The van der Waals surface area contributed by atoms with Gasteiger partial charge in [0.15, 0.2) is 0 Å². The molecule has 6 heteroatoms. The van der Waals surface area contributed by atoms with Gasteiger partial charge in [-0.15, -0.1) is 0 Å². The van der Waals surface area contributed by atoms with Gasteiger partial charge < -0.3 is 9.47 Å². The molecule has 0 aromatic carbocycles. The third kappa shape index (κ3) is 3.15. The fourth-order valence-electron chi connectivity index (χ4n) is 1.90. The van der Waals surface area contributed by atoms with Crippen molar-refractivity contribution in [3.8, 4) is 0 Å². The van der Waals surface area contributed by atoms with E-state index in [2.05, 4.69) is 4.98 Å². The van der Waals surface area contributed by atoms with E-state index in [1.165, 1.54) is 0 Å². The Balaban J connectivity index is 1.81. The molecule has 94 valence electrons. The molecule has 1 saturated heterocycles. The van der Waals surface area contributed by atoms with E-state index in [4.69, 9.17) is 0 Å². The smallest absolute Gasteiger partial charge is 0.224 e. The quantitative estimate of drug-likeness (QED) is 0.774. The second-order valence-corrected chi connectivity index (χ2v) is 5.84. The number of hydrogen-bond donors (Lipinski definition) is 0. The molecule has 0 bridgehead atoms. The Morgan fingerprint density at radius 1 is 1.47 bits per heavy atom. The van der Waals surface area contributed by atoms with E-state index >= 15 is 0 Å². The molecule has 0 unspecified atom stereocenters. The first-order valence-corrected chi connectivity index (χ1v) is 7.26. The second kappa shape index (κ2) is 5.44. The number of aryl methyl sites for hydroxylation is 2.